The quantitative estimate of drug-likeness (QED) is 0.371. The predicted octanol–water partition coefficient (Wildman–Crippen LogP) is 7.19. The highest BCUT2D eigenvalue weighted by molar-refractivity contribution is 7.98. The Morgan fingerprint density at radius 3 is 2.55 bits per heavy atom. The summed E-state index contributed by atoms with van der Waals surface area (Å²) in [5, 5.41) is 5.49. The van der Waals surface area contributed by atoms with Crippen LogP contribution in [0, 0.1) is 5.41 Å². The third-order valence-electron chi connectivity index (χ3n) is 5.05. The SMILES string of the molecule is CSC(C)n1ccc(OCC(C)(C)CCC(C)c2ccc(Cl)c(OC(C)C)c2)n1. The Kier molecular flexibility index (Phi) is 8.77. The summed E-state index contributed by atoms with van der Waals surface area (Å²) in [6.45, 7) is 13.5. The van der Waals surface area contributed by atoms with Crippen molar-refractivity contribution in [1.29, 1.82) is 0 Å². The normalized spacial score (nSPS) is 14.1. The molecule has 0 aliphatic rings. The molecule has 1 aromatic carbocycles. The Balaban J connectivity index is 1.89. The van der Waals surface area contributed by atoms with Gasteiger partial charge in [-0.15, -0.1) is 16.9 Å². The molecule has 2 aromatic rings. The van der Waals surface area contributed by atoms with Crippen molar-refractivity contribution in [1.82, 2.24) is 9.78 Å². The van der Waals surface area contributed by atoms with Crippen molar-refractivity contribution >= 4 is 23.4 Å². The third-order valence-corrected chi connectivity index (χ3v) is 6.26. The zero-order valence-electron chi connectivity index (χ0n) is 18.7. The standard InChI is InChI=1S/C23H35ClN2O2S/c1-16(2)28-21-14-19(8-9-20(21)24)17(3)10-12-23(5,6)15-27-22-11-13-26(25-22)18(4)29-7/h8-9,11,13-14,16-18H,10,12,15H2,1-7H3. The van der Waals surface area contributed by atoms with Crippen LogP contribution < -0.4 is 9.47 Å². The molecule has 2 atom stereocenters. The zero-order valence-corrected chi connectivity index (χ0v) is 20.3. The van der Waals surface area contributed by atoms with Crippen LogP contribution in [0.25, 0.3) is 0 Å². The third kappa shape index (κ3) is 7.45. The molecule has 0 N–H and O–H groups in total. The van der Waals surface area contributed by atoms with Crippen molar-refractivity contribution in [2.45, 2.75) is 71.8 Å². The number of rotatable bonds is 11. The summed E-state index contributed by atoms with van der Waals surface area (Å²) in [6, 6.07) is 8.06. The molecule has 0 amide bonds. The second kappa shape index (κ2) is 10.6. The van der Waals surface area contributed by atoms with Crippen LogP contribution >= 0.6 is 23.4 Å². The van der Waals surface area contributed by atoms with E-state index >= 15 is 0 Å². The number of ether oxygens (including phenoxy) is 2. The molecule has 0 spiro atoms. The number of hydrogen-bond acceptors (Lipinski definition) is 4. The average Bonchev–Trinajstić information content (AvgIpc) is 3.14. The molecule has 0 saturated heterocycles. The van der Waals surface area contributed by atoms with Crippen molar-refractivity contribution in [3.05, 3.63) is 41.0 Å². The summed E-state index contributed by atoms with van der Waals surface area (Å²) in [7, 11) is 0. The van der Waals surface area contributed by atoms with Crippen molar-refractivity contribution in [2.75, 3.05) is 12.9 Å². The van der Waals surface area contributed by atoms with Gasteiger partial charge in [0, 0.05) is 12.3 Å². The first kappa shape index (κ1) is 23.9. The van der Waals surface area contributed by atoms with E-state index in [2.05, 4.69) is 51.2 Å². The Labute approximate surface area is 185 Å². The van der Waals surface area contributed by atoms with Gasteiger partial charge in [-0.3, -0.25) is 4.68 Å². The van der Waals surface area contributed by atoms with Gasteiger partial charge in [-0.1, -0.05) is 38.4 Å². The lowest BCUT2D eigenvalue weighted by atomic mass is 9.84. The smallest absolute Gasteiger partial charge is 0.232 e. The van der Waals surface area contributed by atoms with Gasteiger partial charge in [-0.25, -0.2) is 0 Å². The molecule has 0 bridgehead atoms. The lowest BCUT2D eigenvalue weighted by Gasteiger charge is -2.26. The molecule has 162 valence electrons. The van der Waals surface area contributed by atoms with E-state index in [4.69, 9.17) is 21.1 Å². The predicted molar refractivity (Wildman–Crippen MR) is 125 cm³/mol. The number of halogens is 1. The fraction of sp³-hybridized carbons (Fsp3) is 0.609. The highest BCUT2D eigenvalue weighted by atomic mass is 35.5. The highest BCUT2D eigenvalue weighted by Gasteiger charge is 2.22. The summed E-state index contributed by atoms with van der Waals surface area (Å²) >= 11 is 8.03. The van der Waals surface area contributed by atoms with E-state index in [1.165, 1.54) is 5.56 Å². The van der Waals surface area contributed by atoms with Crippen LogP contribution in [0.4, 0.5) is 0 Å². The first-order valence-electron chi connectivity index (χ1n) is 10.3. The second-order valence-electron chi connectivity index (χ2n) is 8.72. The van der Waals surface area contributed by atoms with E-state index in [9.17, 15) is 0 Å². The van der Waals surface area contributed by atoms with Crippen LogP contribution in [0.3, 0.4) is 0 Å². The number of thioether (sulfide) groups is 1. The lowest BCUT2D eigenvalue weighted by molar-refractivity contribution is 0.158. The summed E-state index contributed by atoms with van der Waals surface area (Å²) < 4.78 is 13.8. The van der Waals surface area contributed by atoms with Gasteiger partial charge in [0.25, 0.3) is 0 Å². The van der Waals surface area contributed by atoms with E-state index in [-0.39, 0.29) is 11.5 Å². The van der Waals surface area contributed by atoms with Crippen LogP contribution in [0.15, 0.2) is 30.5 Å². The molecule has 0 radical (unpaired) electrons. The van der Waals surface area contributed by atoms with Gasteiger partial charge in [0.15, 0.2) is 0 Å². The van der Waals surface area contributed by atoms with Crippen molar-refractivity contribution < 1.29 is 9.47 Å². The van der Waals surface area contributed by atoms with Gasteiger partial charge in [-0.2, -0.15) is 0 Å². The van der Waals surface area contributed by atoms with Gasteiger partial charge < -0.3 is 9.47 Å². The van der Waals surface area contributed by atoms with E-state index in [1.54, 1.807) is 11.8 Å². The molecule has 0 aliphatic heterocycles. The molecule has 29 heavy (non-hydrogen) atoms. The zero-order chi connectivity index (χ0) is 21.6. The summed E-state index contributed by atoms with van der Waals surface area (Å²) in [5.74, 6) is 1.88. The van der Waals surface area contributed by atoms with Crippen molar-refractivity contribution in [2.24, 2.45) is 5.41 Å². The molecule has 0 fully saturated rings. The Hall–Kier alpha value is -1.33. The van der Waals surface area contributed by atoms with Crippen LogP contribution in [-0.2, 0) is 0 Å². The second-order valence-corrected chi connectivity index (χ2v) is 10.3. The van der Waals surface area contributed by atoms with Gasteiger partial charge in [0.2, 0.25) is 5.88 Å². The Morgan fingerprint density at radius 1 is 1.17 bits per heavy atom. The maximum absolute atomic E-state index is 6.27. The first-order chi connectivity index (χ1) is 13.6. The lowest BCUT2D eigenvalue weighted by Crippen LogP contribution is -2.22. The van der Waals surface area contributed by atoms with Crippen molar-refractivity contribution in [3.8, 4) is 11.6 Å². The molecule has 4 nitrogen and oxygen atoms in total. The van der Waals surface area contributed by atoms with E-state index in [0.717, 1.165) is 18.6 Å². The fourth-order valence-corrected chi connectivity index (χ4v) is 3.49. The van der Waals surface area contributed by atoms with Gasteiger partial charge in [-0.05, 0) is 68.9 Å². The van der Waals surface area contributed by atoms with Crippen LogP contribution in [0.2, 0.25) is 5.02 Å². The minimum atomic E-state index is 0.0624. The summed E-state index contributed by atoms with van der Waals surface area (Å²) in [4.78, 5) is 0. The Bertz CT molecular complexity index is 776. The molecule has 1 aromatic heterocycles. The first-order valence-corrected chi connectivity index (χ1v) is 11.9. The molecule has 2 rings (SSSR count). The van der Waals surface area contributed by atoms with Crippen molar-refractivity contribution in [3.63, 3.8) is 0 Å². The molecule has 1 heterocycles. The topological polar surface area (TPSA) is 36.3 Å². The maximum Gasteiger partial charge on any atom is 0.232 e. The molecule has 6 heteroatoms. The van der Waals surface area contributed by atoms with Crippen LogP contribution in [0.1, 0.15) is 71.2 Å². The van der Waals surface area contributed by atoms with Crippen LogP contribution in [0.5, 0.6) is 11.6 Å². The molecular formula is C23H35ClN2O2S. The van der Waals surface area contributed by atoms with Crippen LogP contribution in [-0.4, -0.2) is 28.7 Å². The summed E-state index contributed by atoms with van der Waals surface area (Å²) in [6.07, 6.45) is 6.28. The monoisotopic (exact) mass is 438 g/mol. The van der Waals surface area contributed by atoms with Gasteiger partial charge in [0.05, 0.1) is 23.1 Å². The number of hydrogen-bond donors (Lipinski definition) is 0. The largest absolute Gasteiger partial charge is 0.489 e. The highest BCUT2D eigenvalue weighted by Crippen LogP contribution is 2.34. The fourth-order valence-electron chi connectivity index (χ4n) is 2.99. The molecule has 0 aliphatic carbocycles. The minimum absolute atomic E-state index is 0.0624. The minimum Gasteiger partial charge on any atom is -0.489 e. The molecule has 2 unspecified atom stereocenters. The molecule has 0 saturated carbocycles. The average molecular weight is 439 g/mol. The maximum atomic E-state index is 6.27. The number of aromatic nitrogens is 2. The summed E-state index contributed by atoms with van der Waals surface area (Å²) in [5.41, 5.74) is 1.32. The van der Waals surface area contributed by atoms with Gasteiger partial charge in [0.1, 0.15) is 5.75 Å². The Morgan fingerprint density at radius 2 is 1.90 bits per heavy atom. The number of benzene rings is 1. The van der Waals surface area contributed by atoms with E-state index in [0.29, 0.717) is 28.8 Å². The van der Waals surface area contributed by atoms with E-state index in [1.807, 2.05) is 36.9 Å². The molecular weight excluding hydrogens is 404 g/mol. The van der Waals surface area contributed by atoms with E-state index < -0.39 is 0 Å². The van der Waals surface area contributed by atoms with Gasteiger partial charge >= 0.3 is 0 Å². The number of nitrogens with zero attached hydrogens (tertiary/aromatic N) is 2.